The molecule has 0 saturated heterocycles. The van der Waals surface area contributed by atoms with Crippen LogP contribution >= 0.6 is 0 Å². The van der Waals surface area contributed by atoms with E-state index < -0.39 is 6.10 Å². The third-order valence-corrected chi connectivity index (χ3v) is 15.3. The maximum Gasteiger partial charge on any atom is 0.306 e. The van der Waals surface area contributed by atoms with E-state index in [-0.39, 0.29) is 31.1 Å². The molecule has 0 saturated carbocycles. The Morgan fingerprint density at radius 3 is 0.780 bits per heavy atom. The lowest BCUT2D eigenvalue weighted by atomic mass is 10.0. The van der Waals surface area contributed by atoms with Crippen LogP contribution in [0.25, 0.3) is 0 Å². The fourth-order valence-corrected chi connectivity index (χ4v) is 10.1. The number of carbonyl (C=O) groups excluding carboxylic acids is 3. The van der Waals surface area contributed by atoms with Gasteiger partial charge < -0.3 is 14.2 Å². The van der Waals surface area contributed by atoms with Gasteiger partial charge in [0.25, 0.3) is 0 Å². The minimum absolute atomic E-state index is 0.0839. The molecule has 0 fully saturated rings. The number of carbonyl (C=O) groups is 3. The SMILES string of the molecule is CC/C=C\C/C=C\C/C=C\C/C=C\C/C=C\C/C=C\CCCCCCCCCCC(=O)OCC(COC(=O)CCCCCCC/C=C\C/C=C\CCCC)OC(=O)CCCCCCCCCCCCCCCCCCCCCCCCC. The number of hydrogen-bond acceptors (Lipinski definition) is 6. The van der Waals surface area contributed by atoms with Crippen molar-refractivity contribution in [3.63, 3.8) is 0 Å². The molecule has 82 heavy (non-hydrogen) atoms. The van der Waals surface area contributed by atoms with Crippen molar-refractivity contribution in [3.05, 3.63) is 97.2 Å². The number of ether oxygens (including phenoxy) is 3. The topological polar surface area (TPSA) is 78.9 Å². The van der Waals surface area contributed by atoms with E-state index in [9.17, 15) is 14.4 Å². The summed E-state index contributed by atoms with van der Waals surface area (Å²) in [6.07, 6.45) is 94.3. The first-order valence-electron chi connectivity index (χ1n) is 35.2. The number of unbranched alkanes of at least 4 members (excludes halogenated alkanes) is 37. The van der Waals surface area contributed by atoms with Crippen molar-refractivity contribution < 1.29 is 28.6 Å². The van der Waals surface area contributed by atoms with E-state index >= 15 is 0 Å². The van der Waals surface area contributed by atoms with Gasteiger partial charge in [-0.05, 0) is 96.3 Å². The molecule has 0 radical (unpaired) electrons. The summed E-state index contributed by atoms with van der Waals surface area (Å²) in [7, 11) is 0. The Morgan fingerprint density at radius 1 is 0.256 bits per heavy atom. The molecular formula is C76H132O6. The second-order valence-corrected chi connectivity index (χ2v) is 23.4. The molecule has 0 aliphatic heterocycles. The summed E-state index contributed by atoms with van der Waals surface area (Å²) in [5.41, 5.74) is 0. The van der Waals surface area contributed by atoms with Crippen molar-refractivity contribution in [1.29, 1.82) is 0 Å². The van der Waals surface area contributed by atoms with Crippen molar-refractivity contribution in [2.75, 3.05) is 13.2 Å². The molecule has 6 nitrogen and oxygen atoms in total. The highest BCUT2D eigenvalue weighted by Crippen LogP contribution is 2.18. The van der Waals surface area contributed by atoms with E-state index in [2.05, 4.69) is 118 Å². The predicted octanol–water partition coefficient (Wildman–Crippen LogP) is 24.4. The first kappa shape index (κ1) is 78.3. The fourth-order valence-electron chi connectivity index (χ4n) is 10.1. The zero-order valence-corrected chi connectivity index (χ0v) is 54.2. The van der Waals surface area contributed by atoms with Crippen LogP contribution in [0.5, 0.6) is 0 Å². The van der Waals surface area contributed by atoms with Crippen LogP contribution < -0.4 is 0 Å². The molecule has 0 bridgehead atoms. The molecular weight excluding hydrogens is 1010 g/mol. The molecule has 0 aliphatic carbocycles. The highest BCUT2D eigenvalue weighted by Gasteiger charge is 2.19. The maximum atomic E-state index is 13.0. The number of esters is 3. The monoisotopic (exact) mass is 1140 g/mol. The van der Waals surface area contributed by atoms with Gasteiger partial charge in [0, 0.05) is 19.3 Å². The molecule has 1 atom stereocenters. The van der Waals surface area contributed by atoms with Gasteiger partial charge in [-0.3, -0.25) is 14.4 Å². The summed E-state index contributed by atoms with van der Waals surface area (Å²) in [5, 5.41) is 0. The molecule has 0 rings (SSSR count). The van der Waals surface area contributed by atoms with E-state index in [0.717, 1.165) is 122 Å². The van der Waals surface area contributed by atoms with Gasteiger partial charge in [-0.25, -0.2) is 0 Å². The fraction of sp³-hybridized carbons (Fsp3) is 0.750. The first-order chi connectivity index (χ1) is 40.5. The quantitative estimate of drug-likeness (QED) is 0.0261. The normalized spacial score (nSPS) is 12.7. The van der Waals surface area contributed by atoms with Gasteiger partial charge in [-0.15, -0.1) is 0 Å². The summed E-state index contributed by atoms with van der Waals surface area (Å²) in [5.74, 6) is -0.888. The molecule has 0 heterocycles. The lowest BCUT2D eigenvalue weighted by Gasteiger charge is -2.18. The lowest BCUT2D eigenvalue weighted by Crippen LogP contribution is -2.30. The molecule has 0 amide bonds. The minimum Gasteiger partial charge on any atom is -0.462 e. The zero-order chi connectivity index (χ0) is 59.2. The molecule has 0 N–H and O–H groups in total. The molecule has 1 unspecified atom stereocenters. The molecule has 0 aromatic carbocycles. The van der Waals surface area contributed by atoms with Crippen molar-refractivity contribution in [2.45, 2.75) is 354 Å². The maximum absolute atomic E-state index is 13.0. The van der Waals surface area contributed by atoms with Crippen LogP contribution in [0.1, 0.15) is 348 Å². The van der Waals surface area contributed by atoms with Gasteiger partial charge in [0.05, 0.1) is 0 Å². The highest BCUT2D eigenvalue weighted by atomic mass is 16.6. The number of allylic oxidation sites excluding steroid dienone is 16. The summed E-state index contributed by atoms with van der Waals surface area (Å²) in [4.78, 5) is 38.4. The second kappa shape index (κ2) is 69.8. The van der Waals surface area contributed by atoms with Crippen LogP contribution in [0, 0.1) is 0 Å². The molecule has 0 aromatic rings. The van der Waals surface area contributed by atoms with Crippen molar-refractivity contribution in [3.8, 4) is 0 Å². The zero-order valence-electron chi connectivity index (χ0n) is 54.2. The van der Waals surface area contributed by atoms with E-state index in [1.165, 1.54) is 186 Å². The largest absolute Gasteiger partial charge is 0.462 e. The predicted molar refractivity (Wildman–Crippen MR) is 357 cm³/mol. The van der Waals surface area contributed by atoms with Crippen LogP contribution in [0.4, 0.5) is 0 Å². The number of rotatable bonds is 64. The Bertz CT molecular complexity index is 1590. The van der Waals surface area contributed by atoms with Gasteiger partial charge in [0.1, 0.15) is 13.2 Å². The Kier molecular flexibility index (Phi) is 66.7. The van der Waals surface area contributed by atoms with Crippen LogP contribution in [-0.2, 0) is 28.6 Å². The molecule has 0 aromatic heterocycles. The van der Waals surface area contributed by atoms with E-state index in [4.69, 9.17) is 14.2 Å². The van der Waals surface area contributed by atoms with Crippen LogP contribution in [0.15, 0.2) is 97.2 Å². The molecule has 0 aliphatic rings. The van der Waals surface area contributed by atoms with Gasteiger partial charge in [-0.2, -0.15) is 0 Å². The lowest BCUT2D eigenvalue weighted by molar-refractivity contribution is -0.167. The van der Waals surface area contributed by atoms with Gasteiger partial charge in [0.15, 0.2) is 6.10 Å². The summed E-state index contributed by atoms with van der Waals surface area (Å²) < 4.78 is 17.0. The average Bonchev–Trinajstić information content (AvgIpc) is 3.48. The van der Waals surface area contributed by atoms with Crippen LogP contribution in [0.2, 0.25) is 0 Å². The number of hydrogen-bond donors (Lipinski definition) is 0. The van der Waals surface area contributed by atoms with E-state index in [1.54, 1.807) is 0 Å². The van der Waals surface area contributed by atoms with E-state index in [1.807, 2.05) is 0 Å². The van der Waals surface area contributed by atoms with Gasteiger partial charge in [-0.1, -0.05) is 330 Å². The average molecular weight is 1140 g/mol. The van der Waals surface area contributed by atoms with Gasteiger partial charge in [0.2, 0.25) is 0 Å². The second-order valence-electron chi connectivity index (χ2n) is 23.4. The molecule has 6 heteroatoms. The Morgan fingerprint density at radius 2 is 0.488 bits per heavy atom. The van der Waals surface area contributed by atoms with Crippen molar-refractivity contribution in [2.24, 2.45) is 0 Å². The summed E-state index contributed by atoms with van der Waals surface area (Å²) >= 11 is 0. The molecule has 472 valence electrons. The van der Waals surface area contributed by atoms with Crippen molar-refractivity contribution >= 4 is 17.9 Å². The van der Waals surface area contributed by atoms with Crippen molar-refractivity contribution in [1.82, 2.24) is 0 Å². The third-order valence-electron chi connectivity index (χ3n) is 15.3. The van der Waals surface area contributed by atoms with Crippen LogP contribution in [-0.4, -0.2) is 37.2 Å². The van der Waals surface area contributed by atoms with E-state index in [0.29, 0.717) is 19.3 Å². The third kappa shape index (κ3) is 67.1. The standard InChI is InChI=1S/C76H132O6/c1-4-7-10-13-16-19-22-25-28-30-32-34-36-37-38-39-41-42-44-46-48-51-54-57-60-63-66-69-75(78)81-72-73(71-80-74(77)68-65-62-59-56-53-50-27-24-21-18-15-12-9-6-3)82-76(79)70-67-64-61-58-55-52-49-47-45-43-40-35-33-31-29-26-23-20-17-14-11-8-5-2/h7,10,15-16,18-19,24-25,27-28,32,34,37-38,41-42,73H,4-6,8-9,11-14,17,20-23,26,29-31,33,35-36,39-40,43-72H2,1-3H3/b10-7-,18-15-,19-16-,27-24-,28-25-,34-32-,38-37-,42-41-. The summed E-state index contributed by atoms with van der Waals surface area (Å²) in [6, 6.07) is 0. The minimum atomic E-state index is -0.788. The Labute approximate surface area is 508 Å². The molecule has 0 spiro atoms. The Hall–Kier alpha value is -3.67. The smallest absolute Gasteiger partial charge is 0.306 e. The first-order valence-corrected chi connectivity index (χ1v) is 35.2. The highest BCUT2D eigenvalue weighted by molar-refractivity contribution is 5.71. The van der Waals surface area contributed by atoms with Crippen LogP contribution in [0.3, 0.4) is 0 Å². The summed E-state index contributed by atoms with van der Waals surface area (Å²) in [6.45, 7) is 6.51. The Balaban J connectivity index is 4.32. The van der Waals surface area contributed by atoms with Gasteiger partial charge >= 0.3 is 17.9 Å².